The molecule has 2 rings (SSSR count). The summed E-state index contributed by atoms with van der Waals surface area (Å²) >= 11 is -1.36. The van der Waals surface area contributed by atoms with Crippen molar-refractivity contribution in [3.05, 3.63) is 53.6 Å². The van der Waals surface area contributed by atoms with Crippen LogP contribution in [0, 0.1) is 5.92 Å². The molecule has 4 N–H and O–H groups in total. The Hall–Kier alpha value is -2.42. The minimum atomic E-state index is -3.88. The molecule has 0 bridgehead atoms. The van der Waals surface area contributed by atoms with Crippen molar-refractivity contribution in [2.75, 3.05) is 39.0 Å². The summed E-state index contributed by atoms with van der Waals surface area (Å²) in [7, 11) is -2.38. The predicted molar refractivity (Wildman–Crippen MR) is 147 cm³/mol. The zero-order valence-corrected chi connectivity index (χ0v) is 26.2. The number of nitrogen functional groups attached to an aromatic ring is 1. The number of aliphatic hydroxyl groups is 1. The first-order valence-corrected chi connectivity index (χ1v) is 16.6. The van der Waals surface area contributed by atoms with Gasteiger partial charge in [0, 0.05) is 0 Å². The zero-order chi connectivity index (χ0) is 29.2. The summed E-state index contributed by atoms with van der Waals surface area (Å²) in [5.74, 6) is -0.119. The number of nitrogens with two attached hydrogens (primary N) is 1. The zero-order valence-electron chi connectivity index (χ0n) is 23.2. The maximum atomic E-state index is 13.3. The molecule has 0 aliphatic rings. The van der Waals surface area contributed by atoms with Crippen molar-refractivity contribution in [1.29, 1.82) is 0 Å². The van der Waals surface area contributed by atoms with Crippen LogP contribution < -0.4 is 35.5 Å². The molecule has 1 atom stereocenters. The first kappa shape index (κ1) is 32.8. The number of nitrogens with one attached hydrogen (secondary N) is 1. The number of nitrogens with zero attached hydrogens (tertiary/aromatic N) is 2. The number of methoxy groups -OCH3 is 1. The molecular weight excluding hydrogens is 635 g/mol. The molecule has 0 spiro atoms. The van der Waals surface area contributed by atoms with Crippen LogP contribution in [0.5, 0.6) is 5.75 Å². The van der Waals surface area contributed by atoms with Gasteiger partial charge in [-0.1, -0.05) is 0 Å². The summed E-state index contributed by atoms with van der Waals surface area (Å²) in [5, 5.41) is 10.7. The van der Waals surface area contributed by atoms with Crippen LogP contribution in [0.25, 0.3) is 0 Å². The van der Waals surface area contributed by atoms with Gasteiger partial charge in [0.15, 0.2) is 0 Å². The number of ether oxygens (including phenoxy) is 1. The Morgan fingerprint density at radius 1 is 1.03 bits per heavy atom. The van der Waals surface area contributed by atoms with Crippen molar-refractivity contribution in [3.8, 4) is 5.75 Å². The quantitative estimate of drug-likeness (QED) is 0.104. The standard InChI is InChI=1S/C27H40IN4O6S/c1-6-12-31(13-7-2)27(35)21-14-20(15-22(29)16-21)26(34)30-28-25(33)18-32(17-19(3)4)39(36,37)24-10-8-23(38-5)9-11-24/h8-11,14-16,19,25,33H,6-7,12-13,17-18,29H2,1-5H3,(H,30,34)/q-1/t25-/m1/s1. The van der Waals surface area contributed by atoms with Gasteiger partial charge >= 0.3 is 243 Å². The van der Waals surface area contributed by atoms with Crippen molar-refractivity contribution >= 4 is 27.5 Å². The van der Waals surface area contributed by atoms with Crippen LogP contribution in [-0.4, -0.2) is 71.9 Å². The monoisotopic (exact) mass is 675 g/mol. The second-order valence-electron chi connectivity index (χ2n) is 9.49. The number of anilines is 1. The first-order chi connectivity index (χ1) is 18.4. The van der Waals surface area contributed by atoms with Gasteiger partial charge in [-0.2, -0.15) is 0 Å². The van der Waals surface area contributed by atoms with Crippen molar-refractivity contribution in [3.63, 3.8) is 0 Å². The number of sulfonamides is 1. The van der Waals surface area contributed by atoms with Crippen molar-refractivity contribution in [2.24, 2.45) is 5.92 Å². The number of aliphatic hydroxyl groups excluding tert-OH is 1. The van der Waals surface area contributed by atoms with Gasteiger partial charge in [0.05, 0.1) is 0 Å². The van der Waals surface area contributed by atoms with Crippen LogP contribution in [0.2, 0.25) is 0 Å². The summed E-state index contributed by atoms with van der Waals surface area (Å²) in [6, 6.07) is 10.6. The van der Waals surface area contributed by atoms with E-state index in [0.29, 0.717) is 24.4 Å². The molecule has 0 heterocycles. The molecular formula is C27H40IN4O6S-. The number of carbonyl (C=O) groups excluding carboxylic acids is 2. The number of benzene rings is 2. The third-order valence-corrected chi connectivity index (χ3v) is 9.39. The van der Waals surface area contributed by atoms with Crippen molar-refractivity contribution < 1.29 is 49.3 Å². The average Bonchev–Trinajstić information content (AvgIpc) is 2.90. The fraction of sp³-hybridized carbons (Fsp3) is 0.481. The van der Waals surface area contributed by atoms with E-state index in [1.807, 2.05) is 27.7 Å². The number of hydrogen-bond donors (Lipinski definition) is 3. The van der Waals surface area contributed by atoms with E-state index in [-0.39, 0.29) is 41.1 Å². The van der Waals surface area contributed by atoms with E-state index in [9.17, 15) is 23.1 Å². The summed E-state index contributed by atoms with van der Waals surface area (Å²) < 4.78 is 34.6. The molecule has 0 aromatic heterocycles. The minimum absolute atomic E-state index is 0.0150. The third kappa shape index (κ3) is 9.62. The van der Waals surface area contributed by atoms with Crippen LogP contribution in [0.15, 0.2) is 47.4 Å². The Morgan fingerprint density at radius 3 is 2.15 bits per heavy atom. The van der Waals surface area contributed by atoms with E-state index in [4.69, 9.17) is 10.5 Å². The Bertz CT molecular complexity index is 1200. The molecule has 0 aliphatic carbocycles. The van der Waals surface area contributed by atoms with Gasteiger partial charge in [-0.15, -0.1) is 0 Å². The molecule has 0 unspecified atom stereocenters. The third-order valence-electron chi connectivity index (χ3n) is 5.63. The van der Waals surface area contributed by atoms with E-state index >= 15 is 0 Å². The van der Waals surface area contributed by atoms with Gasteiger partial charge < -0.3 is 0 Å². The molecule has 0 aliphatic heterocycles. The van der Waals surface area contributed by atoms with Gasteiger partial charge in [0.25, 0.3) is 0 Å². The van der Waals surface area contributed by atoms with E-state index in [1.54, 1.807) is 23.1 Å². The normalized spacial score (nSPS) is 12.5. The van der Waals surface area contributed by atoms with E-state index < -0.39 is 41.5 Å². The summed E-state index contributed by atoms with van der Waals surface area (Å²) in [6.07, 6.45) is 1.62. The van der Waals surface area contributed by atoms with Crippen molar-refractivity contribution in [2.45, 2.75) is 49.5 Å². The van der Waals surface area contributed by atoms with Crippen LogP contribution in [0.4, 0.5) is 5.69 Å². The summed E-state index contributed by atoms with van der Waals surface area (Å²) in [4.78, 5) is 27.8. The van der Waals surface area contributed by atoms with Gasteiger partial charge in [0.2, 0.25) is 0 Å². The van der Waals surface area contributed by atoms with Crippen LogP contribution >= 0.6 is 0 Å². The fourth-order valence-corrected chi connectivity index (χ4v) is 7.39. The SMILES string of the molecule is CCCN(CCC)C(=O)c1cc(N)cc(C(=O)N[I-][C@H](O)CN(CC(C)C)S(=O)(=O)c2ccc(OC)cc2)c1. The molecule has 218 valence electrons. The van der Waals surface area contributed by atoms with Gasteiger partial charge in [-0.3, -0.25) is 0 Å². The summed E-state index contributed by atoms with van der Waals surface area (Å²) in [5.41, 5.74) is 6.82. The molecule has 0 fully saturated rings. The molecule has 12 heteroatoms. The van der Waals surface area contributed by atoms with Crippen LogP contribution in [0.1, 0.15) is 61.3 Å². The molecule has 0 radical (unpaired) electrons. The number of rotatable bonds is 15. The Balaban J connectivity index is 2.13. The number of carbonyl (C=O) groups is 2. The molecule has 2 aromatic carbocycles. The Morgan fingerprint density at radius 2 is 1.62 bits per heavy atom. The number of hydrogen-bond acceptors (Lipinski definition) is 7. The first-order valence-electron chi connectivity index (χ1n) is 12.9. The molecule has 0 saturated carbocycles. The van der Waals surface area contributed by atoms with Crippen LogP contribution in [-0.2, 0) is 10.0 Å². The molecule has 10 nitrogen and oxygen atoms in total. The van der Waals surface area contributed by atoms with E-state index in [2.05, 4.69) is 3.53 Å². The molecule has 2 aromatic rings. The maximum absolute atomic E-state index is 13.3. The Kier molecular flexibility index (Phi) is 12.9. The predicted octanol–water partition coefficient (Wildman–Crippen LogP) is -0.0613. The number of alkyl halides is 1. The number of halogens is 1. The molecule has 2 amide bonds. The molecule has 0 saturated heterocycles. The van der Waals surface area contributed by atoms with Crippen LogP contribution in [0.3, 0.4) is 0 Å². The average molecular weight is 676 g/mol. The van der Waals surface area contributed by atoms with Crippen molar-refractivity contribution in [1.82, 2.24) is 12.7 Å². The van der Waals surface area contributed by atoms with Gasteiger partial charge in [-0.05, 0) is 0 Å². The van der Waals surface area contributed by atoms with Gasteiger partial charge in [-0.25, -0.2) is 0 Å². The second-order valence-corrected chi connectivity index (χ2v) is 14.0. The molecule has 39 heavy (non-hydrogen) atoms. The van der Waals surface area contributed by atoms with Gasteiger partial charge in [0.1, 0.15) is 0 Å². The number of amides is 2. The van der Waals surface area contributed by atoms with E-state index in [1.165, 1.54) is 35.7 Å². The van der Waals surface area contributed by atoms with E-state index in [0.717, 1.165) is 12.8 Å². The summed E-state index contributed by atoms with van der Waals surface area (Å²) in [6.45, 7) is 9.02. The topological polar surface area (TPSA) is 142 Å². The fourth-order valence-electron chi connectivity index (χ4n) is 3.89. The second kappa shape index (κ2) is 15.4. The Labute approximate surface area is 242 Å².